The third-order valence-electron chi connectivity index (χ3n) is 4.08. The molecule has 7 nitrogen and oxygen atoms in total. The molecular formula is C16H17FN4O3. The monoisotopic (exact) mass is 332 g/mol. The van der Waals surface area contributed by atoms with Gasteiger partial charge >= 0.3 is 0 Å². The number of ether oxygens (including phenoxy) is 1. The van der Waals surface area contributed by atoms with Gasteiger partial charge in [0, 0.05) is 26.3 Å². The third-order valence-corrected chi connectivity index (χ3v) is 4.08. The molecule has 126 valence electrons. The molecule has 0 bridgehead atoms. The van der Waals surface area contributed by atoms with Gasteiger partial charge in [0.1, 0.15) is 11.9 Å². The fourth-order valence-electron chi connectivity index (χ4n) is 2.79. The van der Waals surface area contributed by atoms with Crippen molar-refractivity contribution in [3.8, 4) is 5.69 Å². The van der Waals surface area contributed by atoms with Crippen LogP contribution in [-0.2, 0) is 9.53 Å². The summed E-state index contributed by atoms with van der Waals surface area (Å²) in [6.45, 7) is 0.284. The molecule has 0 saturated carbocycles. The van der Waals surface area contributed by atoms with Crippen molar-refractivity contribution >= 4 is 11.8 Å². The molecule has 8 heteroatoms. The Morgan fingerprint density at radius 3 is 2.62 bits per heavy atom. The molecule has 1 aromatic heterocycles. The summed E-state index contributed by atoms with van der Waals surface area (Å²) in [5, 5.41) is 4.21. The number of nitrogens with two attached hydrogens (primary N) is 1. The number of methoxy groups -OCH3 is 1. The van der Waals surface area contributed by atoms with Crippen LogP contribution >= 0.6 is 0 Å². The first-order valence-electron chi connectivity index (χ1n) is 7.44. The SMILES string of the molecule is CO[C@H]1C[C@@H](C(N)=O)N(C(=O)c2ccn(-c3ccc(F)cc3)n2)C1. The van der Waals surface area contributed by atoms with Crippen molar-refractivity contribution in [1.29, 1.82) is 0 Å². The van der Waals surface area contributed by atoms with Gasteiger partial charge < -0.3 is 15.4 Å². The molecule has 1 fully saturated rings. The normalized spacial score (nSPS) is 20.3. The van der Waals surface area contributed by atoms with Crippen LogP contribution in [0.1, 0.15) is 16.9 Å². The van der Waals surface area contributed by atoms with E-state index in [0.29, 0.717) is 12.1 Å². The zero-order valence-electron chi connectivity index (χ0n) is 13.1. The number of rotatable bonds is 4. The smallest absolute Gasteiger partial charge is 0.275 e. The average Bonchev–Trinajstić information content (AvgIpc) is 3.22. The lowest BCUT2D eigenvalue weighted by Gasteiger charge is -2.20. The number of benzene rings is 1. The molecule has 2 N–H and O–H groups in total. The quantitative estimate of drug-likeness (QED) is 0.893. The van der Waals surface area contributed by atoms with E-state index in [2.05, 4.69) is 5.10 Å². The fourth-order valence-corrected chi connectivity index (χ4v) is 2.79. The molecule has 2 aromatic rings. The second kappa shape index (κ2) is 6.40. The Morgan fingerprint density at radius 1 is 1.29 bits per heavy atom. The van der Waals surface area contributed by atoms with E-state index in [-0.39, 0.29) is 30.1 Å². The minimum Gasteiger partial charge on any atom is -0.380 e. The number of nitrogens with zero attached hydrogens (tertiary/aromatic N) is 3. The van der Waals surface area contributed by atoms with Crippen molar-refractivity contribution in [2.75, 3.05) is 13.7 Å². The molecule has 0 radical (unpaired) electrons. The van der Waals surface area contributed by atoms with E-state index in [1.807, 2.05) is 0 Å². The van der Waals surface area contributed by atoms with Gasteiger partial charge in [-0.15, -0.1) is 0 Å². The second-order valence-electron chi connectivity index (χ2n) is 5.59. The summed E-state index contributed by atoms with van der Waals surface area (Å²) < 4.78 is 19.7. The van der Waals surface area contributed by atoms with Gasteiger partial charge in [-0.25, -0.2) is 9.07 Å². The van der Waals surface area contributed by atoms with Gasteiger partial charge in [-0.3, -0.25) is 9.59 Å². The molecular weight excluding hydrogens is 315 g/mol. The Bertz CT molecular complexity index is 759. The summed E-state index contributed by atoms with van der Waals surface area (Å²) in [5.41, 5.74) is 6.19. The van der Waals surface area contributed by atoms with Gasteiger partial charge in [0.15, 0.2) is 5.69 Å². The Balaban J connectivity index is 1.82. The number of primary amides is 1. The highest BCUT2D eigenvalue weighted by molar-refractivity contribution is 5.96. The van der Waals surface area contributed by atoms with Crippen LogP contribution in [0.3, 0.4) is 0 Å². The van der Waals surface area contributed by atoms with Crippen LogP contribution in [0.5, 0.6) is 0 Å². The largest absolute Gasteiger partial charge is 0.380 e. The van der Waals surface area contributed by atoms with Gasteiger partial charge in [0.2, 0.25) is 5.91 Å². The molecule has 2 amide bonds. The Morgan fingerprint density at radius 2 is 2.00 bits per heavy atom. The molecule has 24 heavy (non-hydrogen) atoms. The van der Waals surface area contributed by atoms with Crippen LogP contribution in [0, 0.1) is 5.82 Å². The Kier molecular flexibility index (Phi) is 4.30. The number of amides is 2. The highest BCUT2D eigenvalue weighted by Gasteiger charge is 2.39. The Hall–Kier alpha value is -2.74. The standard InChI is InChI=1S/C16H17FN4O3/c1-24-12-8-14(15(18)22)20(9-12)16(23)13-6-7-21(19-13)11-4-2-10(17)3-5-11/h2-7,12,14H,8-9H2,1H3,(H2,18,22)/t12-,14-/m0/s1. The van der Waals surface area contributed by atoms with E-state index in [4.69, 9.17) is 10.5 Å². The predicted octanol–water partition coefficient (Wildman–Crippen LogP) is 0.726. The van der Waals surface area contributed by atoms with Crippen LogP contribution in [0.2, 0.25) is 0 Å². The van der Waals surface area contributed by atoms with Gasteiger partial charge in [-0.05, 0) is 30.3 Å². The summed E-state index contributed by atoms with van der Waals surface area (Å²) >= 11 is 0. The van der Waals surface area contributed by atoms with Crippen molar-refractivity contribution in [2.24, 2.45) is 5.73 Å². The Labute approximate surface area is 137 Å². The van der Waals surface area contributed by atoms with Gasteiger partial charge in [-0.2, -0.15) is 5.10 Å². The highest BCUT2D eigenvalue weighted by atomic mass is 19.1. The zero-order chi connectivity index (χ0) is 17.3. The van der Waals surface area contributed by atoms with Crippen LogP contribution in [0.25, 0.3) is 5.69 Å². The first-order chi connectivity index (χ1) is 11.5. The van der Waals surface area contributed by atoms with Crippen molar-refractivity contribution in [2.45, 2.75) is 18.6 Å². The number of halogens is 1. The molecule has 3 rings (SSSR count). The number of hydrogen-bond acceptors (Lipinski definition) is 4. The molecule has 1 aliphatic heterocycles. The van der Waals surface area contributed by atoms with Crippen molar-refractivity contribution < 1.29 is 18.7 Å². The number of carbonyl (C=O) groups excluding carboxylic acids is 2. The molecule has 0 aliphatic carbocycles. The van der Waals surface area contributed by atoms with Crippen LogP contribution in [0.4, 0.5) is 4.39 Å². The van der Waals surface area contributed by atoms with E-state index >= 15 is 0 Å². The summed E-state index contributed by atoms with van der Waals surface area (Å²) in [6, 6.07) is 6.57. The number of hydrogen-bond donors (Lipinski definition) is 1. The minimum atomic E-state index is -0.710. The van der Waals surface area contributed by atoms with Crippen molar-refractivity contribution in [3.05, 3.63) is 48.0 Å². The van der Waals surface area contributed by atoms with Crippen LogP contribution < -0.4 is 5.73 Å². The third kappa shape index (κ3) is 3.00. The fraction of sp³-hybridized carbons (Fsp3) is 0.312. The number of carbonyl (C=O) groups is 2. The summed E-state index contributed by atoms with van der Waals surface area (Å²) in [5.74, 6) is -1.31. The lowest BCUT2D eigenvalue weighted by atomic mass is 10.2. The predicted molar refractivity (Wildman–Crippen MR) is 83.0 cm³/mol. The summed E-state index contributed by atoms with van der Waals surface area (Å²) in [4.78, 5) is 25.6. The highest BCUT2D eigenvalue weighted by Crippen LogP contribution is 2.22. The van der Waals surface area contributed by atoms with E-state index in [9.17, 15) is 14.0 Å². The number of aromatic nitrogens is 2. The molecule has 0 unspecified atom stereocenters. The van der Waals surface area contributed by atoms with E-state index in [0.717, 1.165) is 0 Å². The van der Waals surface area contributed by atoms with E-state index in [1.54, 1.807) is 24.4 Å². The maximum Gasteiger partial charge on any atom is 0.275 e. The zero-order valence-corrected chi connectivity index (χ0v) is 13.1. The molecule has 2 atom stereocenters. The second-order valence-corrected chi connectivity index (χ2v) is 5.59. The maximum atomic E-state index is 13.0. The molecule has 1 saturated heterocycles. The van der Waals surface area contributed by atoms with Gasteiger partial charge in [0.25, 0.3) is 5.91 Å². The topological polar surface area (TPSA) is 90.5 Å². The van der Waals surface area contributed by atoms with Gasteiger partial charge in [-0.1, -0.05) is 0 Å². The average molecular weight is 332 g/mol. The summed E-state index contributed by atoms with van der Waals surface area (Å²) in [7, 11) is 1.53. The molecule has 1 aromatic carbocycles. The number of likely N-dealkylation sites (tertiary alicyclic amines) is 1. The van der Waals surface area contributed by atoms with Gasteiger partial charge in [0.05, 0.1) is 11.8 Å². The summed E-state index contributed by atoms with van der Waals surface area (Å²) in [6.07, 6.45) is 1.74. The molecule has 1 aliphatic rings. The van der Waals surface area contributed by atoms with E-state index in [1.165, 1.54) is 28.8 Å². The van der Waals surface area contributed by atoms with Crippen molar-refractivity contribution in [3.63, 3.8) is 0 Å². The first kappa shape index (κ1) is 16.1. The minimum absolute atomic E-state index is 0.183. The van der Waals surface area contributed by atoms with Crippen LogP contribution in [0.15, 0.2) is 36.5 Å². The molecule has 0 spiro atoms. The maximum absolute atomic E-state index is 13.0. The lowest BCUT2D eigenvalue weighted by molar-refractivity contribution is -0.121. The van der Waals surface area contributed by atoms with Crippen LogP contribution in [-0.4, -0.2) is 52.3 Å². The lowest BCUT2D eigenvalue weighted by Crippen LogP contribution is -2.43. The van der Waals surface area contributed by atoms with Crippen molar-refractivity contribution in [1.82, 2.24) is 14.7 Å². The van der Waals surface area contributed by atoms with E-state index < -0.39 is 11.9 Å². The molecule has 2 heterocycles. The first-order valence-corrected chi connectivity index (χ1v) is 7.44.